The molecule has 2 aromatic carbocycles. The van der Waals surface area contributed by atoms with E-state index >= 15 is 0 Å². The molecule has 11 heteroatoms. The topological polar surface area (TPSA) is 111 Å². The molecule has 222 valence electrons. The second-order valence-electron chi connectivity index (χ2n) is 11.9. The number of nitrogens with one attached hydrogen (secondary N) is 2. The van der Waals surface area contributed by atoms with Crippen molar-refractivity contribution in [3.63, 3.8) is 0 Å². The lowest BCUT2D eigenvalue weighted by molar-refractivity contribution is -0.131. The van der Waals surface area contributed by atoms with Crippen LogP contribution in [0.25, 0.3) is 0 Å². The SMILES string of the molecule is CN(C(=O)Cc1ccc(Cl)c(Cl)c1)[C@H](CN1CC[C@H](O)C1)c1cccc(NC(=O)C2(NC(=O)OC(C)(C)C)CC2)c1. The Hall–Kier alpha value is -2.85. The molecule has 1 heterocycles. The third-order valence-electron chi connectivity index (χ3n) is 7.33. The number of hydrogen-bond donors (Lipinski definition) is 3. The van der Waals surface area contributed by atoms with Gasteiger partial charge in [0.05, 0.1) is 28.6 Å². The van der Waals surface area contributed by atoms with E-state index in [2.05, 4.69) is 15.5 Å². The molecular weight excluding hydrogens is 567 g/mol. The number of nitrogens with zero attached hydrogens (tertiary/aromatic N) is 2. The molecule has 2 aliphatic rings. The van der Waals surface area contributed by atoms with E-state index in [4.69, 9.17) is 27.9 Å². The molecule has 0 radical (unpaired) electrons. The molecule has 1 aliphatic carbocycles. The monoisotopic (exact) mass is 604 g/mol. The summed E-state index contributed by atoms with van der Waals surface area (Å²) in [6.07, 6.45) is 0.825. The fourth-order valence-corrected chi connectivity index (χ4v) is 5.22. The molecule has 0 spiro atoms. The largest absolute Gasteiger partial charge is 0.444 e. The van der Waals surface area contributed by atoms with Crippen molar-refractivity contribution < 1.29 is 24.2 Å². The number of carbonyl (C=O) groups is 3. The van der Waals surface area contributed by atoms with Crippen LogP contribution >= 0.6 is 23.2 Å². The number of β-amino-alcohol motifs (C(OH)–C–C–N with tert-alkyl or cyclic N) is 1. The zero-order chi connectivity index (χ0) is 29.9. The Morgan fingerprint density at radius 2 is 1.88 bits per heavy atom. The van der Waals surface area contributed by atoms with Gasteiger partial charge < -0.3 is 25.4 Å². The molecule has 0 unspecified atom stereocenters. The number of likely N-dealkylation sites (N-methyl/N-ethyl adjacent to an activating group) is 1. The highest BCUT2D eigenvalue weighted by Crippen LogP contribution is 2.37. The molecule has 9 nitrogen and oxygen atoms in total. The number of benzene rings is 2. The van der Waals surface area contributed by atoms with Crippen LogP contribution in [0.3, 0.4) is 0 Å². The second kappa shape index (κ2) is 12.6. The molecule has 2 atom stereocenters. The number of alkyl carbamates (subject to hydrolysis) is 1. The van der Waals surface area contributed by atoms with E-state index in [1.54, 1.807) is 57.0 Å². The lowest BCUT2D eigenvalue weighted by atomic mass is 10.0. The minimum absolute atomic E-state index is 0.110. The van der Waals surface area contributed by atoms with Crippen molar-refractivity contribution in [2.75, 3.05) is 32.0 Å². The van der Waals surface area contributed by atoms with Crippen molar-refractivity contribution in [3.8, 4) is 0 Å². The molecule has 1 saturated carbocycles. The molecule has 4 rings (SSSR count). The van der Waals surface area contributed by atoms with Gasteiger partial charge in [-0.15, -0.1) is 0 Å². The zero-order valence-corrected chi connectivity index (χ0v) is 25.4. The summed E-state index contributed by atoms with van der Waals surface area (Å²) in [5.74, 6) is -0.426. The van der Waals surface area contributed by atoms with Crippen LogP contribution in [0.4, 0.5) is 10.5 Å². The van der Waals surface area contributed by atoms with Crippen LogP contribution in [0, 0.1) is 0 Å². The Labute approximate surface area is 251 Å². The number of amides is 3. The van der Waals surface area contributed by atoms with E-state index in [0.717, 1.165) is 17.7 Å². The fourth-order valence-electron chi connectivity index (χ4n) is 4.90. The fraction of sp³-hybridized carbons (Fsp3) is 0.500. The van der Waals surface area contributed by atoms with Gasteiger partial charge in [0.2, 0.25) is 11.8 Å². The first-order valence-electron chi connectivity index (χ1n) is 13.8. The summed E-state index contributed by atoms with van der Waals surface area (Å²) in [7, 11) is 1.76. The van der Waals surface area contributed by atoms with Crippen LogP contribution in [-0.2, 0) is 20.7 Å². The Kier molecular flexibility index (Phi) is 9.53. The van der Waals surface area contributed by atoms with Gasteiger partial charge >= 0.3 is 6.09 Å². The van der Waals surface area contributed by atoms with Gasteiger partial charge in [-0.2, -0.15) is 0 Å². The standard InChI is InChI=1S/C30H38Cl2N4O5/c1-29(2,3)41-28(40)34-30(11-12-30)27(39)33-21-7-5-6-20(16-21)25(18-36-13-10-22(37)17-36)35(4)26(38)15-19-8-9-23(31)24(32)14-19/h5-9,14,16,22,25,37H,10-13,15,17-18H2,1-4H3,(H,33,39)(H,34,40)/t22-,25+/m0/s1. The summed E-state index contributed by atoms with van der Waals surface area (Å²) < 4.78 is 5.34. The molecule has 1 aliphatic heterocycles. The number of rotatable bonds is 9. The van der Waals surface area contributed by atoms with Gasteiger partial charge in [-0.3, -0.25) is 14.5 Å². The quantitative estimate of drug-likeness (QED) is 0.379. The lowest BCUT2D eigenvalue weighted by Gasteiger charge is -2.32. The number of ether oxygens (including phenoxy) is 1. The molecule has 41 heavy (non-hydrogen) atoms. The number of halogens is 2. The zero-order valence-electron chi connectivity index (χ0n) is 23.9. The van der Waals surface area contributed by atoms with Gasteiger partial charge in [-0.05, 0) is 75.4 Å². The number of aliphatic hydroxyl groups is 1. The highest BCUT2D eigenvalue weighted by atomic mass is 35.5. The lowest BCUT2D eigenvalue weighted by Crippen LogP contribution is -2.47. The highest BCUT2D eigenvalue weighted by Gasteiger charge is 2.52. The predicted molar refractivity (Wildman–Crippen MR) is 159 cm³/mol. The Morgan fingerprint density at radius 1 is 1.15 bits per heavy atom. The van der Waals surface area contributed by atoms with E-state index in [1.165, 1.54) is 0 Å². The summed E-state index contributed by atoms with van der Waals surface area (Å²) in [5.41, 5.74) is 0.463. The molecule has 3 amide bonds. The van der Waals surface area contributed by atoms with Gasteiger partial charge in [0.25, 0.3) is 0 Å². The summed E-state index contributed by atoms with van der Waals surface area (Å²) in [4.78, 5) is 42.8. The van der Waals surface area contributed by atoms with Crippen molar-refractivity contribution in [2.45, 2.75) is 69.7 Å². The van der Waals surface area contributed by atoms with Crippen LogP contribution in [0.1, 0.15) is 57.2 Å². The summed E-state index contributed by atoms with van der Waals surface area (Å²) in [5, 5.41) is 16.6. The first kappa shape index (κ1) is 31.1. The molecular formula is C30H38Cl2N4O5. The van der Waals surface area contributed by atoms with E-state index < -0.39 is 23.3 Å². The van der Waals surface area contributed by atoms with Gasteiger partial charge in [-0.25, -0.2) is 4.79 Å². The van der Waals surface area contributed by atoms with Gasteiger partial charge in [0.15, 0.2) is 0 Å². The number of likely N-dealkylation sites (tertiary alicyclic amines) is 1. The Balaban J connectivity index is 1.50. The summed E-state index contributed by atoms with van der Waals surface area (Å²) in [6, 6.07) is 12.2. The van der Waals surface area contributed by atoms with Crippen molar-refractivity contribution in [1.82, 2.24) is 15.1 Å². The van der Waals surface area contributed by atoms with Crippen LogP contribution in [-0.4, -0.2) is 76.7 Å². The number of aliphatic hydroxyl groups excluding tert-OH is 1. The maximum absolute atomic E-state index is 13.4. The molecule has 2 aromatic rings. The molecule has 0 aromatic heterocycles. The minimum Gasteiger partial charge on any atom is -0.444 e. The van der Waals surface area contributed by atoms with E-state index in [0.29, 0.717) is 48.1 Å². The molecule has 1 saturated heterocycles. The van der Waals surface area contributed by atoms with Crippen molar-refractivity contribution in [2.24, 2.45) is 0 Å². The third-order valence-corrected chi connectivity index (χ3v) is 8.07. The third kappa shape index (κ3) is 8.35. The van der Waals surface area contributed by atoms with Crippen LogP contribution in [0.15, 0.2) is 42.5 Å². The smallest absolute Gasteiger partial charge is 0.408 e. The normalized spacial score (nSPS) is 18.9. The average Bonchev–Trinajstić information content (AvgIpc) is 3.55. The number of anilines is 1. The van der Waals surface area contributed by atoms with E-state index in [-0.39, 0.29) is 24.3 Å². The highest BCUT2D eigenvalue weighted by molar-refractivity contribution is 6.42. The van der Waals surface area contributed by atoms with Gasteiger partial charge in [0, 0.05) is 32.4 Å². The Morgan fingerprint density at radius 3 is 2.49 bits per heavy atom. The number of hydrogen-bond acceptors (Lipinski definition) is 6. The maximum Gasteiger partial charge on any atom is 0.408 e. The first-order chi connectivity index (χ1) is 19.2. The van der Waals surface area contributed by atoms with Crippen molar-refractivity contribution in [3.05, 3.63) is 63.6 Å². The summed E-state index contributed by atoms with van der Waals surface area (Å²) in [6.45, 7) is 7.07. The molecule has 2 fully saturated rings. The summed E-state index contributed by atoms with van der Waals surface area (Å²) >= 11 is 12.2. The predicted octanol–water partition coefficient (Wildman–Crippen LogP) is 4.80. The van der Waals surface area contributed by atoms with E-state index in [9.17, 15) is 19.5 Å². The van der Waals surface area contributed by atoms with Crippen LogP contribution in [0.5, 0.6) is 0 Å². The minimum atomic E-state index is -1.00. The van der Waals surface area contributed by atoms with Crippen LogP contribution in [0.2, 0.25) is 10.0 Å². The second-order valence-corrected chi connectivity index (χ2v) is 12.8. The first-order valence-corrected chi connectivity index (χ1v) is 14.5. The van der Waals surface area contributed by atoms with Gasteiger partial charge in [0.1, 0.15) is 11.1 Å². The molecule has 0 bridgehead atoms. The van der Waals surface area contributed by atoms with E-state index in [1.807, 2.05) is 18.2 Å². The average molecular weight is 606 g/mol. The van der Waals surface area contributed by atoms with Crippen LogP contribution < -0.4 is 10.6 Å². The van der Waals surface area contributed by atoms with Crippen molar-refractivity contribution in [1.29, 1.82) is 0 Å². The van der Waals surface area contributed by atoms with Crippen molar-refractivity contribution >= 4 is 46.8 Å². The number of carbonyl (C=O) groups excluding carboxylic acids is 3. The molecule has 3 N–H and O–H groups in total. The van der Waals surface area contributed by atoms with Gasteiger partial charge in [-0.1, -0.05) is 41.4 Å². The Bertz CT molecular complexity index is 1290. The maximum atomic E-state index is 13.4.